The average Bonchev–Trinajstić information content (AvgIpc) is 2.35. The molecular weight excluding hydrogens is 277 g/mol. The molecule has 0 aromatic carbocycles. The number of aliphatic carboxylic acids is 1. The van der Waals surface area contributed by atoms with Crippen LogP contribution in [0, 0.1) is 17.2 Å². The summed E-state index contributed by atoms with van der Waals surface area (Å²) < 4.78 is 42.7. The van der Waals surface area contributed by atoms with Gasteiger partial charge in [0.15, 0.2) is 5.92 Å². The first-order chi connectivity index (χ1) is 9.32. The number of nitriles is 1. The Morgan fingerprint density at radius 3 is 2.50 bits per heavy atom. The fourth-order valence-corrected chi connectivity index (χ4v) is 2.05. The molecule has 0 aromatic heterocycles. The van der Waals surface area contributed by atoms with Gasteiger partial charge in [0, 0.05) is 19.6 Å². The summed E-state index contributed by atoms with van der Waals surface area (Å²) in [6.07, 6.45) is -3.59. The molecular formula is C12H17F3N2O3. The fraction of sp³-hybridized carbons (Fsp3) is 0.833. The maximum atomic E-state index is 12.5. The number of hydrogen-bond donors (Lipinski definition) is 1. The molecule has 0 amide bonds. The largest absolute Gasteiger partial charge is 0.481 e. The first kappa shape index (κ1) is 16.7. The summed E-state index contributed by atoms with van der Waals surface area (Å²) >= 11 is 0. The van der Waals surface area contributed by atoms with Gasteiger partial charge in [0.05, 0.1) is 25.2 Å². The average molecular weight is 294 g/mol. The number of nitrogens with zero attached hydrogens (tertiary/aromatic N) is 2. The van der Waals surface area contributed by atoms with Gasteiger partial charge in [-0.25, -0.2) is 0 Å². The van der Waals surface area contributed by atoms with Crippen molar-refractivity contribution >= 4 is 5.97 Å². The number of carboxylic acids is 1. The van der Waals surface area contributed by atoms with Crippen LogP contribution in [0.4, 0.5) is 13.2 Å². The number of carbonyl (C=O) groups is 1. The molecule has 0 bridgehead atoms. The Kier molecular flexibility index (Phi) is 6.23. The molecule has 0 radical (unpaired) electrons. The molecule has 1 heterocycles. The first-order valence-electron chi connectivity index (χ1n) is 6.35. The van der Waals surface area contributed by atoms with Crippen LogP contribution in [0.3, 0.4) is 0 Å². The summed E-state index contributed by atoms with van der Waals surface area (Å²) in [6, 6.07) is 1.28. The Labute approximate surface area is 114 Å². The Morgan fingerprint density at radius 1 is 1.45 bits per heavy atom. The van der Waals surface area contributed by atoms with Gasteiger partial charge in [0.25, 0.3) is 0 Å². The van der Waals surface area contributed by atoms with Gasteiger partial charge in [-0.05, 0) is 12.8 Å². The van der Waals surface area contributed by atoms with E-state index in [1.165, 1.54) is 6.07 Å². The van der Waals surface area contributed by atoms with Crippen LogP contribution in [-0.2, 0) is 9.53 Å². The van der Waals surface area contributed by atoms with Gasteiger partial charge in [-0.1, -0.05) is 0 Å². The maximum absolute atomic E-state index is 12.5. The van der Waals surface area contributed by atoms with E-state index in [9.17, 15) is 18.0 Å². The molecule has 5 nitrogen and oxygen atoms in total. The van der Waals surface area contributed by atoms with E-state index in [0.29, 0.717) is 25.9 Å². The molecule has 0 aliphatic carbocycles. The quantitative estimate of drug-likeness (QED) is 0.806. The standard InChI is InChI=1S/C12H17F3N2O3/c13-12(14,15)9(7-16)8-17-4-1-10(2-5-17)20-6-3-11(18)19/h9-10H,1-6,8H2,(H,18,19). The van der Waals surface area contributed by atoms with Crippen molar-refractivity contribution in [3.63, 3.8) is 0 Å². The Hall–Kier alpha value is -1.33. The minimum absolute atomic E-state index is 0.0786. The third-order valence-corrected chi connectivity index (χ3v) is 3.20. The Morgan fingerprint density at radius 2 is 2.05 bits per heavy atom. The van der Waals surface area contributed by atoms with Crippen molar-refractivity contribution in [2.45, 2.75) is 31.5 Å². The molecule has 1 fully saturated rings. The van der Waals surface area contributed by atoms with E-state index in [1.54, 1.807) is 4.90 Å². The number of carboxylic acid groups (broad SMARTS) is 1. The van der Waals surface area contributed by atoms with E-state index in [0.717, 1.165) is 0 Å². The highest BCUT2D eigenvalue weighted by atomic mass is 19.4. The summed E-state index contributed by atoms with van der Waals surface area (Å²) in [5.41, 5.74) is 0. The summed E-state index contributed by atoms with van der Waals surface area (Å²) in [7, 11) is 0. The minimum Gasteiger partial charge on any atom is -0.481 e. The van der Waals surface area contributed by atoms with Crippen molar-refractivity contribution in [1.82, 2.24) is 4.90 Å². The molecule has 1 rings (SSSR count). The first-order valence-corrected chi connectivity index (χ1v) is 6.35. The zero-order valence-electron chi connectivity index (χ0n) is 10.9. The normalized spacial score (nSPS) is 19.5. The molecule has 1 atom stereocenters. The van der Waals surface area contributed by atoms with Crippen LogP contribution in [0.1, 0.15) is 19.3 Å². The minimum atomic E-state index is -4.50. The molecule has 0 aromatic rings. The molecule has 1 N–H and O–H groups in total. The highest BCUT2D eigenvalue weighted by Crippen LogP contribution is 2.27. The molecule has 0 saturated carbocycles. The topological polar surface area (TPSA) is 73.6 Å². The van der Waals surface area contributed by atoms with Gasteiger partial charge < -0.3 is 14.7 Å². The number of rotatable bonds is 6. The lowest BCUT2D eigenvalue weighted by atomic mass is 10.0. The third-order valence-electron chi connectivity index (χ3n) is 3.20. The second-order valence-corrected chi connectivity index (χ2v) is 4.74. The van der Waals surface area contributed by atoms with Gasteiger partial charge in [-0.2, -0.15) is 18.4 Å². The van der Waals surface area contributed by atoms with Crippen molar-refractivity contribution in [1.29, 1.82) is 5.26 Å². The highest BCUT2D eigenvalue weighted by Gasteiger charge is 2.41. The zero-order valence-corrected chi connectivity index (χ0v) is 10.9. The summed E-state index contributed by atoms with van der Waals surface area (Å²) in [5, 5.41) is 17.0. The monoisotopic (exact) mass is 294 g/mol. The maximum Gasteiger partial charge on any atom is 0.405 e. The molecule has 114 valence electrons. The van der Waals surface area contributed by atoms with E-state index in [1.807, 2.05) is 0 Å². The number of likely N-dealkylation sites (tertiary alicyclic amines) is 1. The number of hydrogen-bond acceptors (Lipinski definition) is 4. The smallest absolute Gasteiger partial charge is 0.405 e. The Balaban J connectivity index is 2.28. The van der Waals surface area contributed by atoms with Gasteiger partial charge in [0.2, 0.25) is 0 Å². The van der Waals surface area contributed by atoms with Crippen LogP contribution in [0.5, 0.6) is 0 Å². The molecule has 1 saturated heterocycles. The summed E-state index contributed by atoms with van der Waals surface area (Å²) in [5.74, 6) is -2.91. The third kappa shape index (κ3) is 5.75. The van der Waals surface area contributed by atoms with Crippen LogP contribution < -0.4 is 0 Å². The van der Waals surface area contributed by atoms with Crippen LogP contribution in [-0.4, -0.2) is 54.5 Å². The number of piperidine rings is 1. The van der Waals surface area contributed by atoms with Crippen molar-refractivity contribution in [3.8, 4) is 6.07 Å². The van der Waals surface area contributed by atoms with E-state index < -0.39 is 18.1 Å². The highest BCUT2D eigenvalue weighted by molar-refractivity contribution is 5.66. The second-order valence-electron chi connectivity index (χ2n) is 4.74. The Bertz CT molecular complexity index is 360. The van der Waals surface area contributed by atoms with Crippen LogP contribution in [0.2, 0.25) is 0 Å². The number of ether oxygens (including phenoxy) is 1. The summed E-state index contributed by atoms with van der Waals surface area (Å²) in [4.78, 5) is 11.9. The lowest BCUT2D eigenvalue weighted by Crippen LogP contribution is -2.42. The lowest BCUT2D eigenvalue weighted by Gasteiger charge is -2.33. The molecule has 20 heavy (non-hydrogen) atoms. The van der Waals surface area contributed by atoms with E-state index in [2.05, 4.69) is 0 Å². The molecule has 8 heteroatoms. The SMILES string of the molecule is N#CC(CN1CCC(OCCC(=O)O)CC1)C(F)(F)F. The van der Waals surface area contributed by atoms with Crippen molar-refractivity contribution in [2.24, 2.45) is 5.92 Å². The van der Waals surface area contributed by atoms with Crippen LogP contribution in [0.25, 0.3) is 0 Å². The molecule has 1 unspecified atom stereocenters. The van der Waals surface area contributed by atoms with Crippen LogP contribution >= 0.6 is 0 Å². The van der Waals surface area contributed by atoms with Crippen LogP contribution in [0.15, 0.2) is 0 Å². The molecule has 1 aliphatic heterocycles. The van der Waals surface area contributed by atoms with Gasteiger partial charge >= 0.3 is 12.1 Å². The van der Waals surface area contributed by atoms with Gasteiger partial charge in [0.1, 0.15) is 0 Å². The summed E-state index contributed by atoms with van der Waals surface area (Å²) in [6.45, 7) is 0.642. The second kappa shape index (κ2) is 7.45. The van der Waals surface area contributed by atoms with Crippen molar-refractivity contribution in [2.75, 3.05) is 26.2 Å². The predicted molar refractivity (Wildman–Crippen MR) is 62.8 cm³/mol. The number of halogens is 3. The van der Waals surface area contributed by atoms with Crippen molar-refractivity contribution < 1.29 is 27.8 Å². The zero-order chi connectivity index (χ0) is 15.2. The molecule has 0 spiro atoms. The van der Waals surface area contributed by atoms with E-state index in [4.69, 9.17) is 15.1 Å². The fourth-order valence-electron chi connectivity index (χ4n) is 2.05. The number of alkyl halides is 3. The predicted octanol–water partition coefficient (Wildman–Crippen LogP) is 1.64. The van der Waals surface area contributed by atoms with Gasteiger partial charge in [-0.3, -0.25) is 4.79 Å². The van der Waals surface area contributed by atoms with Gasteiger partial charge in [-0.15, -0.1) is 0 Å². The van der Waals surface area contributed by atoms with Crippen molar-refractivity contribution in [3.05, 3.63) is 0 Å². The van der Waals surface area contributed by atoms with E-state index in [-0.39, 0.29) is 25.7 Å². The lowest BCUT2D eigenvalue weighted by molar-refractivity contribution is -0.164. The van der Waals surface area contributed by atoms with E-state index >= 15 is 0 Å². The molecule has 1 aliphatic rings.